The number of hydrogen-bond acceptors (Lipinski definition) is 3. The topological polar surface area (TPSA) is 62.2 Å². The quantitative estimate of drug-likeness (QED) is 0.878. The van der Waals surface area contributed by atoms with Gasteiger partial charge in [0.2, 0.25) is 0 Å². The molecule has 2 N–H and O–H groups in total. The fourth-order valence-electron chi connectivity index (χ4n) is 2.49. The molecule has 1 fully saturated rings. The first kappa shape index (κ1) is 13.9. The van der Waals surface area contributed by atoms with Crippen molar-refractivity contribution in [3.63, 3.8) is 0 Å². The highest BCUT2D eigenvalue weighted by Crippen LogP contribution is 2.31. The summed E-state index contributed by atoms with van der Waals surface area (Å²) in [7, 11) is 0. The highest BCUT2D eigenvalue weighted by atomic mass is 19.1. The molecule has 0 aliphatic heterocycles. The van der Waals surface area contributed by atoms with Gasteiger partial charge in [-0.05, 0) is 37.7 Å². The monoisotopic (exact) mass is 266 g/mol. The number of carbonyl (C=O) groups excluding carboxylic acids is 1. The zero-order valence-corrected chi connectivity index (χ0v) is 11.0. The summed E-state index contributed by atoms with van der Waals surface area (Å²) < 4.78 is 13.0. The largest absolute Gasteiger partial charge is 0.394 e. The lowest BCUT2D eigenvalue weighted by molar-refractivity contribution is 0.0716. The number of hydrogen-bond donors (Lipinski definition) is 2. The Bertz CT molecular complexity index is 457. The van der Waals surface area contributed by atoms with E-state index >= 15 is 0 Å². The van der Waals surface area contributed by atoms with Crippen molar-refractivity contribution in [1.82, 2.24) is 10.3 Å². The second-order valence-electron chi connectivity index (χ2n) is 5.47. The van der Waals surface area contributed by atoms with Gasteiger partial charge in [-0.1, -0.05) is 6.92 Å². The summed E-state index contributed by atoms with van der Waals surface area (Å²) in [6, 6.07) is 1.15. The minimum absolute atomic E-state index is 0.0891. The third-order valence-corrected chi connectivity index (χ3v) is 3.88. The van der Waals surface area contributed by atoms with Gasteiger partial charge in [-0.2, -0.15) is 0 Å². The summed E-state index contributed by atoms with van der Waals surface area (Å²) in [5, 5.41) is 12.4. The Hall–Kier alpha value is -1.49. The number of carbonyl (C=O) groups is 1. The molecular formula is C14H19FN2O2. The van der Waals surface area contributed by atoms with Gasteiger partial charge in [0.05, 0.1) is 23.9 Å². The SMILES string of the molecule is CC1CCC(CO)(NC(=O)c2cncc(F)c2)CC1. The highest BCUT2D eigenvalue weighted by molar-refractivity contribution is 5.94. The average Bonchev–Trinajstić information content (AvgIpc) is 2.42. The van der Waals surface area contributed by atoms with Crippen molar-refractivity contribution in [3.05, 3.63) is 29.8 Å². The Labute approximate surface area is 112 Å². The van der Waals surface area contributed by atoms with Crippen LogP contribution in [0.4, 0.5) is 4.39 Å². The highest BCUT2D eigenvalue weighted by Gasteiger charge is 2.35. The maximum Gasteiger partial charge on any atom is 0.253 e. The van der Waals surface area contributed by atoms with Crippen molar-refractivity contribution in [1.29, 1.82) is 0 Å². The van der Waals surface area contributed by atoms with Gasteiger partial charge in [-0.3, -0.25) is 9.78 Å². The van der Waals surface area contributed by atoms with Gasteiger partial charge in [0.1, 0.15) is 5.82 Å². The normalized spacial score (nSPS) is 27.0. The van der Waals surface area contributed by atoms with Gasteiger partial charge >= 0.3 is 0 Å². The summed E-state index contributed by atoms with van der Waals surface area (Å²) in [6.07, 6.45) is 5.83. The van der Waals surface area contributed by atoms with Crippen molar-refractivity contribution >= 4 is 5.91 Å². The molecule has 1 aromatic rings. The van der Waals surface area contributed by atoms with E-state index in [1.54, 1.807) is 0 Å². The Morgan fingerprint density at radius 1 is 1.53 bits per heavy atom. The van der Waals surface area contributed by atoms with Gasteiger partial charge in [0, 0.05) is 6.20 Å². The predicted molar refractivity (Wildman–Crippen MR) is 69.1 cm³/mol. The molecule has 2 rings (SSSR count). The molecule has 5 heteroatoms. The lowest BCUT2D eigenvalue weighted by atomic mass is 9.77. The van der Waals surface area contributed by atoms with Gasteiger partial charge in [0.25, 0.3) is 5.91 Å². The number of aliphatic hydroxyl groups excluding tert-OH is 1. The van der Waals surface area contributed by atoms with Gasteiger partial charge in [-0.15, -0.1) is 0 Å². The molecule has 0 atom stereocenters. The van der Waals surface area contributed by atoms with E-state index < -0.39 is 11.4 Å². The first-order valence-corrected chi connectivity index (χ1v) is 6.58. The van der Waals surface area contributed by atoms with Gasteiger partial charge in [-0.25, -0.2) is 4.39 Å². The number of aliphatic hydroxyl groups is 1. The van der Waals surface area contributed by atoms with E-state index in [0.29, 0.717) is 5.92 Å². The molecule has 0 bridgehead atoms. The fourth-order valence-corrected chi connectivity index (χ4v) is 2.49. The van der Waals surface area contributed by atoms with E-state index in [4.69, 9.17) is 0 Å². The molecular weight excluding hydrogens is 247 g/mol. The zero-order valence-electron chi connectivity index (χ0n) is 11.0. The van der Waals surface area contributed by atoms with Gasteiger partial charge in [0.15, 0.2) is 0 Å². The van der Waals surface area contributed by atoms with Crippen LogP contribution < -0.4 is 5.32 Å². The molecule has 1 aromatic heterocycles. The molecule has 1 aliphatic rings. The smallest absolute Gasteiger partial charge is 0.253 e. The summed E-state index contributed by atoms with van der Waals surface area (Å²) in [5.41, 5.74) is -0.387. The molecule has 0 aromatic carbocycles. The zero-order chi connectivity index (χ0) is 13.9. The van der Waals surface area contributed by atoms with Crippen LogP contribution in [-0.2, 0) is 0 Å². The molecule has 4 nitrogen and oxygen atoms in total. The predicted octanol–water partition coefficient (Wildman–Crippen LogP) is 1.89. The third-order valence-electron chi connectivity index (χ3n) is 3.88. The second-order valence-corrected chi connectivity index (χ2v) is 5.47. The van der Waals surface area contributed by atoms with Crippen molar-refractivity contribution < 1.29 is 14.3 Å². The summed E-state index contributed by atoms with van der Waals surface area (Å²) in [6.45, 7) is 2.08. The van der Waals surface area contributed by atoms with E-state index in [1.807, 2.05) is 0 Å². The summed E-state index contributed by atoms with van der Waals surface area (Å²) in [5.74, 6) is -0.300. The van der Waals surface area contributed by atoms with Crippen LogP contribution >= 0.6 is 0 Å². The Balaban J connectivity index is 2.08. The Morgan fingerprint density at radius 2 is 2.21 bits per heavy atom. The minimum Gasteiger partial charge on any atom is -0.394 e. The number of pyridine rings is 1. The Morgan fingerprint density at radius 3 is 2.79 bits per heavy atom. The molecule has 1 saturated carbocycles. The second kappa shape index (κ2) is 5.65. The lowest BCUT2D eigenvalue weighted by Crippen LogP contribution is -2.53. The molecule has 0 radical (unpaired) electrons. The van der Waals surface area contributed by atoms with E-state index in [2.05, 4.69) is 17.2 Å². The molecule has 104 valence electrons. The average molecular weight is 266 g/mol. The summed E-state index contributed by atoms with van der Waals surface area (Å²) >= 11 is 0. The first-order valence-electron chi connectivity index (χ1n) is 6.58. The summed E-state index contributed by atoms with van der Waals surface area (Å²) in [4.78, 5) is 15.7. The number of halogens is 1. The molecule has 1 heterocycles. The van der Waals surface area contributed by atoms with E-state index in [0.717, 1.165) is 37.9 Å². The van der Waals surface area contributed by atoms with Crippen LogP contribution in [0.2, 0.25) is 0 Å². The number of aromatic nitrogens is 1. The Kier molecular flexibility index (Phi) is 4.14. The van der Waals surface area contributed by atoms with Crippen molar-refractivity contribution in [2.75, 3.05) is 6.61 Å². The number of nitrogens with one attached hydrogen (secondary N) is 1. The minimum atomic E-state index is -0.574. The van der Waals surface area contributed by atoms with E-state index in [1.165, 1.54) is 6.20 Å². The van der Waals surface area contributed by atoms with Crippen LogP contribution in [0.25, 0.3) is 0 Å². The standard InChI is InChI=1S/C14H19FN2O2/c1-10-2-4-14(9-18,5-3-10)17-13(19)11-6-12(15)8-16-7-11/h6-8,10,18H,2-5,9H2,1H3,(H,17,19). The van der Waals surface area contributed by atoms with Crippen LogP contribution in [-0.4, -0.2) is 28.1 Å². The molecule has 1 amide bonds. The van der Waals surface area contributed by atoms with Crippen LogP contribution in [0.1, 0.15) is 43.0 Å². The fraction of sp³-hybridized carbons (Fsp3) is 0.571. The lowest BCUT2D eigenvalue weighted by Gasteiger charge is -2.38. The van der Waals surface area contributed by atoms with Crippen LogP contribution in [0.3, 0.4) is 0 Å². The van der Waals surface area contributed by atoms with Crippen LogP contribution in [0.15, 0.2) is 18.5 Å². The molecule has 19 heavy (non-hydrogen) atoms. The van der Waals surface area contributed by atoms with Crippen LogP contribution in [0.5, 0.6) is 0 Å². The van der Waals surface area contributed by atoms with Crippen molar-refractivity contribution in [2.45, 2.75) is 38.1 Å². The molecule has 1 aliphatic carbocycles. The van der Waals surface area contributed by atoms with Crippen LogP contribution in [0, 0.1) is 11.7 Å². The van der Waals surface area contributed by atoms with E-state index in [-0.39, 0.29) is 18.1 Å². The molecule has 0 spiro atoms. The number of amides is 1. The van der Waals surface area contributed by atoms with E-state index in [9.17, 15) is 14.3 Å². The number of nitrogens with zero attached hydrogens (tertiary/aromatic N) is 1. The first-order chi connectivity index (χ1) is 9.04. The maximum absolute atomic E-state index is 13.0. The number of rotatable bonds is 3. The molecule has 0 unspecified atom stereocenters. The van der Waals surface area contributed by atoms with Crippen molar-refractivity contribution in [3.8, 4) is 0 Å². The molecule has 0 saturated heterocycles. The maximum atomic E-state index is 13.0. The third kappa shape index (κ3) is 3.29. The van der Waals surface area contributed by atoms with Crippen molar-refractivity contribution in [2.24, 2.45) is 5.92 Å². The van der Waals surface area contributed by atoms with Gasteiger partial charge < -0.3 is 10.4 Å².